The molecule has 3 heteroatoms. The zero-order chi connectivity index (χ0) is 10.4. The highest BCUT2D eigenvalue weighted by Gasteiger charge is 1.97. The first kappa shape index (κ1) is 10.0. The second-order valence-corrected chi connectivity index (χ2v) is 2.44. The van der Waals surface area contributed by atoms with Gasteiger partial charge in [0.25, 0.3) is 0 Å². The summed E-state index contributed by atoms with van der Waals surface area (Å²) < 4.78 is 4.41. The molecule has 0 saturated carbocycles. The lowest BCUT2D eigenvalue weighted by Gasteiger charge is -1.96. The predicted octanol–water partition coefficient (Wildman–Crippen LogP) is 1.54. The number of carbonyl (C=O) groups excluding carboxylic acids is 1. The first-order chi connectivity index (χ1) is 6.77. The van der Waals surface area contributed by atoms with Gasteiger partial charge < -0.3 is 4.74 Å². The van der Waals surface area contributed by atoms with E-state index in [1.54, 1.807) is 18.2 Å². The highest BCUT2D eigenvalue weighted by Crippen LogP contribution is 2.16. The molecule has 70 valence electrons. The second kappa shape index (κ2) is 4.83. The lowest BCUT2D eigenvalue weighted by molar-refractivity contribution is -0.132. The van der Waals surface area contributed by atoms with E-state index in [0.29, 0.717) is 11.3 Å². The maximum atomic E-state index is 10.8. The maximum absolute atomic E-state index is 10.8. The molecular weight excluding hydrogens is 178 g/mol. The summed E-state index contributed by atoms with van der Waals surface area (Å²) in [6.07, 6.45) is 6.34. The summed E-state index contributed by atoms with van der Waals surface area (Å²) >= 11 is 0. The van der Waals surface area contributed by atoms with Crippen molar-refractivity contribution in [2.24, 2.45) is 4.99 Å². The van der Waals surface area contributed by atoms with E-state index < -0.39 is 5.97 Å². The van der Waals surface area contributed by atoms with Crippen molar-refractivity contribution in [2.75, 3.05) is 7.11 Å². The van der Waals surface area contributed by atoms with Crippen molar-refractivity contribution in [2.45, 2.75) is 0 Å². The van der Waals surface area contributed by atoms with Crippen molar-refractivity contribution in [1.29, 1.82) is 0 Å². The molecule has 14 heavy (non-hydrogen) atoms. The van der Waals surface area contributed by atoms with Gasteiger partial charge in [-0.2, -0.15) is 0 Å². The van der Waals surface area contributed by atoms with E-state index in [-0.39, 0.29) is 0 Å². The number of rotatable bonds is 2. The lowest BCUT2D eigenvalue weighted by atomic mass is 10.2. The van der Waals surface area contributed by atoms with Crippen molar-refractivity contribution in [3.63, 3.8) is 0 Å². The van der Waals surface area contributed by atoms with Gasteiger partial charge in [-0.1, -0.05) is 18.1 Å². The fraction of sp³-hybridized carbons (Fsp3) is 0.0909. The van der Waals surface area contributed by atoms with E-state index in [2.05, 4.69) is 15.6 Å². The number of carbonyl (C=O) groups is 1. The number of esters is 1. The summed E-state index contributed by atoms with van der Waals surface area (Å²) in [6.45, 7) is 0. The third kappa shape index (κ3) is 2.46. The van der Waals surface area contributed by atoms with Crippen LogP contribution in [0, 0.1) is 12.3 Å². The van der Waals surface area contributed by atoms with E-state index >= 15 is 0 Å². The molecular formula is C11H9NO2. The standard InChI is InChI=1S/C11H9NO2/c1-3-9-6-4-5-7-10(9)12-8-11(13)14-2/h1,4-8H,2H3. The van der Waals surface area contributed by atoms with Crippen molar-refractivity contribution in [3.8, 4) is 12.3 Å². The molecule has 0 aliphatic carbocycles. The van der Waals surface area contributed by atoms with Gasteiger partial charge in [-0.25, -0.2) is 9.79 Å². The van der Waals surface area contributed by atoms with Crippen LogP contribution >= 0.6 is 0 Å². The Kier molecular flexibility index (Phi) is 3.45. The predicted molar refractivity (Wildman–Crippen MR) is 54.5 cm³/mol. The molecule has 3 nitrogen and oxygen atoms in total. The Labute approximate surface area is 82.4 Å². The quantitative estimate of drug-likeness (QED) is 0.400. The molecule has 1 aromatic carbocycles. The number of methoxy groups -OCH3 is 1. The molecule has 1 rings (SSSR count). The largest absolute Gasteiger partial charge is 0.465 e. The summed E-state index contributed by atoms with van der Waals surface area (Å²) in [5.74, 6) is 1.97. The van der Waals surface area contributed by atoms with Gasteiger partial charge in [-0.3, -0.25) is 0 Å². The zero-order valence-electron chi connectivity index (χ0n) is 7.73. The van der Waals surface area contributed by atoms with Crippen LogP contribution in [-0.4, -0.2) is 19.3 Å². The van der Waals surface area contributed by atoms with Crippen molar-refractivity contribution in [3.05, 3.63) is 29.8 Å². The highest BCUT2D eigenvalue weighted by atomic mass is 16.5. The molecule has 0 heterocycles. The number of hydrogen-bond acceptors (Lipinski definition) is 3. The van der Waals surface area contributed by atoms with Gasteiger partial charge in [0, 0.05) is 5.56 Å². The number of ether oxygens (including phenoxy) is 1. The van der Waals surface area contributed by atoms with Gasteiger partial charge in [-0.05, 0) is 12.1 Å². The molecule has 0 aliphatic heterocycles. The van der Waals surface area contributed by atoms with Crippen LogP contribution in [0.15, 0.2) is 29.3 Å². The number of para-hydroxylation sites is 1. The van der Waals surface area contributed by atoms with Gasteiger partial charge in [-0.15, -0.1) is 6.42 Å². The first-order valence-electron chi connectivity index (χ1n) is 3.95. The minimum Gasteiger partial charge on any atom is -0.465 e. The normalized spacial score (nSPS) is 9.71. The van der Waals surface area contributed by atoms with E-state index in [1.165, 1.54) is 7.11 Å². The fourth-order valence-corrected chi connectivity index (χ4v) is 0.883. The topological polar surface area (TPSA) is 38.7 Å². The van der Waals surface area contributed by atoms with E-state index in [9.17, 15) is 4.79 Å². The van der Waals surface area contributed by atoms with E-state index in [0.717, 1.165) is 6.21 Å². The highest BCUT2D eigenvalue weighted by molar-refractivity contribution is 6.23. The van der Waals surface area contributed by atoms with Crippen LogP contribution in [0.25, 0.3) is 0 Å². The molecule has 0 bridgehead atoms. The van der Waals surface area contributed by atoms with Crippen LogP contribution in [0.3, 0.4) is 0 Å². The van der Waals surface area contributed by atoms with Crippen LogP contribution in [0.1, 0.15) is 5.56 Å². The van der Waals surface area contributed by atoms with Gasteiger partial charge in [0.1, 0.15) is 6.21 Å². The molecule has 0 amide bonds. The molecule has 0 fully saturated rings. The summed E-state index contributed by atoms with van der Waals surface area (Å²) in [6, 6.07) is 7.09. The van der Waals surface area contributed by atoms with Gasteiger partial charge >= 0.3 is 5.97 Å². The lowest BCUT2D eigenvalue weighted by Crippen LogP contribution is -2.00. The maximum Gasteiger partial charge on any atom is 0.349 e. The summed E-state index contributed by atoms with van der Waals surface area (Å²) in [5.41, 5.74) is 1.23. The van der Waals surface area contributed by atoms with Crippen LogP contribution in [0.5, 0.6) is 0 Å². The molecule has 1 aromatic rings. The molecule has 0 aliphatic rings. The number of terminal acetylenes is 1. The number of hydrogen-bond donors (Lipinski definition) is 0. The molecule has 0 spiro atoms. The Morgan fingerprint density at radius 2 is 2.29 bits per heavy atom. The molecule has 0 N–H and O–H groups in total. The van der Waals surface area contributed by atoms with Crippen molar-refractivity contribution < 1.29 is 9.53 Å². The Bertz CT molecular complexity index is 402. The number of nitrogens with zero attached hydrogens (tertiary/aromatic N) is 1. The summed E-state index contributed by atoms with van der Waals surface area (Å²) in [5, 5.41) is 0. The first-order valence-corrected chi connectivity index (χ1v) is 3.95. The summed E-state index contributed by atoms with van der Waals surface area (Å²) in [4.78, 5) is 14.7. The Balaban J connectivity index is 2.92. The molecule has 0 saturated heterocycles. The molecule has 0 radical (unpaired) electrons. The van der Waals surface area contributed by atoms with Crippen LogP contribution < -0.4 is 0 Å². The van der Waals surface area contributed by atoms with Crippen LogP contribution in [0.2, 0.25) is 0 Å². The second-order valence-electron chi connectivity index (χ2n) is 2.44. The van der Waals surface area contributed by atoms with Gasteiger partial charge in [0.2, 0.25) is 0 Å². The Morgan fingerprint density at radius 3 is 2.93 bits per heavy atom. The van der Waals surface area contributed by atoms with Crippen LogP contribution in [-0.2, 0) is 9.53 Å². The summed E-state index contributed by atoms with van der Waals surface area (Å²) in [7, 11) is 1.29. The van der Waals surface area contributed by atoms with Crippen molar-refractivity contribution in [1.82, 2.24) is 0 Å². The van der Waals surface area contributed by atoms with Crippen molar-refractivity contribution >= 4 is 17.9 Å². The average Bonchev–Trinajstić information content (AvgIpc) is 2.26. The average molecular weight is 187 g/mol. The third-order valence-corrected chi connectivity index (χ3v) is 1.57. The van der Waals surface area contributed by atoms with E-state index in [4.69, 9.17) is 6.42 Å². The number of benzene rings is 1. The van der Waals surface area contributed by atoms with Gasteiger partial charge in [0.15, 0.2) is 0 Å². The minimum absolute atomic E-state index is 0.503. The molecule has 0 aromatic heterocycles. The number of aliphatic imine (C=N–C) groups is 1. The Morgan fingerprint density at radius 1 is 1.57 bits per heavy atom. The smallest absolute Gasteiger partial charge is 0.349 e. The third-order valence-electron chi connectivity index (χ3n) is 1.57. The fourth-order valence-electron chi connectivity index (χ4n) is 0.883. The monoisotopic (exact) mass is 187 g/mol. The van der Waals surface area contributed by atoms with E-state index in [1.807, 2.05) is 6.07 Å². The Hall–Kier alpha value is -2.08. The molecule has 0 atom stereocenters. The zero-order valence-corrected chi connectivity index (χ0v) is 7.73. The van der Waals surface area contributed by atoms with Crippen LogP contribution in [0.4, 0.5) is 5.69 Å². The van der Waals surface area contributed by atoms with Gasteiger partial charge in [0.05, 0.1) is 12.8 Å². The SMILES string of the molecule is C#Cc1ccccc1N=CC(=O)OC. The minimum atomic E-state index is -0.503. The molecule has 0 unspecified atom stereocenters.